The zero-order valence-electron chi connectivity index (χ0n) is 56.8. The maximum absolute atomic E-state index is 14.8. The summed E-state index contributed by atoms with van der Waals surface area (Å²) in [6, 6.07) is 40.7. The number of carbonyl (C=O) groups is 7. The highest BCUT2D eigenvalue weighted by molar-refractivity contribution is 5.76. The highest BCUT2D eigenvalue weighted by atomic mass is 16.8. The Morgan fingerprint density at radius 1 is 0.431 bits per heavy atom. The van der Waals surface area contributed by atoms with E-state index in [9.17, 15) is 44.2 Å². The number of alkyl carbamates (subject to hydrolysis) is 1. The standard InChI is InChI=1S/C71H82N4O27/c1-40(76)87-38-49-54(56(89-33-44-23-13-8-14-24-44)51(67(86-7)96-49)73-71(83)93-37-48-31-21-12-22-32-48)98-70-64(95-43(4)79)60(91-35-46-27-17-10-18-28-46)61(62(102-70)66(82)85-6)101-68-52(74-75-72)57(94-42(3)78)55(50(97-68)39-88-41(2)77)99-69-63(92-36-47-29-19-11-20-30-47)58(53(80)59(100-69)65(81)84-5)90-34-45-25-15-9-16-26-45/h8-32,49-64,67-70,80H,33-39H2,1-7H3,(H,73,83)/t49-,50-,51-,52-,53+,54-,55-,56-,57-,58+,59+,60+,61+,62-,63-,64-,67+,68-,69-,70-/m1/s1. The van der Waals surface area contributed by atoms with Gasteiger partial charge in [-0.25, -0.2) is 14.4 Å². The first-order valence-electron chi connectivity index (χ1n) is 32.6. The predicted octanol–water partition coefficient (Wildman–Crippen LogP) is 5.70. The van der Waals surface area contributed by atoms with E-state index in [1.165, 1.54) is 7.11 Å². The monoisotopic (exact) mass is 1420 g/mol. The highest BCUT2D eigenvalue weighted by Gasteiger charge is 2.61. The quantitative estimate of drug-likeness (QED) is 0.0177. The van der Waals surface area contributed by atoms with Crippen molar-refractivity contribution in [1.29, 1.82) is 0 Å². The molecule has 31 heteroatoms. The number of hydrogen-bond donors (Lipinski definition) is 2. The molecule has 102 heavy (non-hydrogen) atoms. The Morgan fingerprint density at radius 3 is 1.27 bits per heavy atom. The van der Waals surface area contributed by atoms with Gasteiger partial charge in [-0.1, -0.05) is 157 Å². The van der Waals surface area contributed by atoms with Crippen LogP contribution in [0.1, 0.15) is 55.5 Å². The SMILES string of the molecule is COC(=O)[C@H]1O[C@@H](O[C@H]2[C@H](OC(C)=O)[C@@H](N=[N+]=[N-])[C@@H](O[C@H]3[C@H](OCc4ccccc4)[C@@H](OC(C)=O)[C@H](O[C@H]4[C@H](OCc5ccccc5)[C@@H](NC(=O)OCc5ccccc5)[C@@H](OC)O[C@@H]4COC(C)=O)O[C@H]3C(=O)OC)O[C@@H]2COC(C)=O)[C@H](OCc2ccccc2)[C@@H](OCc2ccccc2)[C@@H]1O. The summed E-state index contributed by atoms with van der Waals surface area (Å²) >= 11 is 0. The number of esters is 6. The number of aliphatic hydroxyl groups excluding tert-OH is 1. The lowest BCUT2D eigenvalue weighted by molar-refractivity contribution is -0.376. The number of benzene rings is 5. The molecule has 4 aliphatic rings. The molecule has 4 aliphatic heterocycles. The van der Waals surface area contributed by atoms with Gasteiger partial charge < -0.3 is 100 Å². The van der Waals surface area contributed by atoms with Crippen molar-refractivity contribution in [2.45, 2.75) is 183 Å². The van der Waals surface area contributed by atoms with E-state index >= 15 is 0 Å². The molecule has 0 bridgehead atoms. The van der Waals surface area contributed by atoms with E-state index in [0.29, 0.717) is 27.8 Å². The van der Waals surface area contributed by atoms with Crippen LogP contribution in [0.5, 0.6) is 0 Å². The predicted molar refractivity (Wildman–Crippen MR) is 347 cm³/mol. The van der Waals surface area contributed by atoms with Crippen molar-refractivity contribution in [2.75, 3.05) is 34.5 Å². The molecule has 4 heterocycles. The van der Waals surface area contributed by atoms with Crippen LogP contribution < -0.4 is 5.32 Å². The molecule has 9 rings (SSSR count). The summed E-state index contributed by atoms with van der Waals surface area (Å²) in [4.78, 5) is 98.5. The van der Waals surface area contributed by atoms with E-state index in [-0.39, 0.29) is 33.0 Å². The van der Waals surface area contributed by atoms with Crippen LogP contribution in [0.25, 0.3) is 10.4 Å². The smallest absolute Gasteiger partial charge is 0.407 e. The van der Waals surface area contributed by atoms with Gasteiger partial charge in [0.2, 0.25) is 0 Å². The van der Waals surface area contributed by atoms with Gasteiger partial charge >= 0.3 is 41.9 Å². The highest BCUT2D eigenvalue weighted by Crippen LogP contribution is 2.40. The molecule has 1 amide bonds. The minimum absolute atomic E-state index is 0.140. The first-order chi connectivity index (χ1) is 49.4. The Morgan fingerprint density at radius 2 is 0.824 bits per heavy atom. The Hall–Kier alpha value is -9.02. The van der Waals surface area contributed by atoms with E-state index in [4.69, 9.17) is 90.0 Å². The van der Waals surface area contributed by atoms with Crippen LogP contribution in [0.15, 0.2) is 157 Å². The summed E-state index contributed by atoms with van der Waals surface area (Å²) in [6.45, 7) is 2.02. The van der Waals surface area contributed by atoms with Gasteiger partial charge in [0.1, 0.15) is 99.0 Å². The second-order valence-electron chi connectivity index (χ2n) is 23.7. The number of nitrogens with one attached hydrogen (secondary N) is 1. The number of ether oxygens (including phenoxy) is 19. The van der Waals surface area contributed by atoms with Crippen LogP contribution in [-0.4, -0.2) is 204 Å². The van der Waals surface area contributed by atoms with Crippen LogP contribution in [0, 0.1) is 0 Å². The molecule has 5 aromatic rings. The first kappa shape index (κ1) is 77.1. The van der Waals surface area contributed by atoms with E-state index in [2.05, 4.69) is 15.3 Å². The number of amides is 1. The van der Waals surface area contributed by atoms with Gasteiger partial charge in [0.05, 0.1) is 40.6 Å². The summed E-state index contributed by atoms with van der Waals surface area (Å²) in [5, 5.41) is 18.8. The summed E-state index contributed by atoms with van der Waals surface area (Å²) in [5.74, 6) is -5.85. The average Bonchev–Trinajstić information content (AvgIpc) is 0.763. The molecular formula is C71H82N4O27. The molecule has 0 saturated carbocycles. The number of rotatable bonds is 31. The Bertz CT molecular complexity index is 3550. The van der Waals surface area contributed by atoms with Gasteiger partial charge in [0.25, 0.3) is 0 Å². The second kappa shape index (κ2) is 38.3. The van der Waals surface area contributed by atoms with Crippen molar-refractivity contribution in [1.82, 2.24) is 5.32 Å². The van der Waals surface area contributed by atoms with Crippen molar-refractivity contribution in [2.24, 2.45) is 5.11 Å². The fraction of sp³-hybridized carbons (Fsp3) is 0.479. The summed E-state index contributed by atoms with van der Waals surface area (Å²) in [6.07, 6.45) is -32.3. The molecule has 548 valence electrons. The molecule has 0 aromatic heterocycles. The summed E-state index contributed by atoms with van der Waals surface area (Å²) in [7, 11) is 3.38. The number of hydrogen-bond acceptors (Lipinski definition) is 28. The third-order valence-corrected chi connectivity index (χ3v) is 16.6. The van der Waals surface area contributed by atoms with Crippen LogP contribution in [0.2, 0.25) is 0 Å². The lowest BCUT2D eigenvalue weighted by Crippen LogP contribution is -2.70. The van der Waals surface area contributed by atoms with Gasteiger partial charge in [0.15, 0.2) is 43.5 Å². The molecule has 31 nitrogen and oxygen atoms in total. The molecule has 0 aliphatic carbocycles. The average molecular weight is 1420 g/mol. The largest absolute Gasteiger partial charge is 0.467 e. The fourth-order valence-electron chi connectivity index (χ4n) is 11.9. The maximum atomic E-state index is 14.8. The number of azide groups is 1. The minimum Gasteiger partial charge on any atom is -0.467 e. The second-order valence-corrected chi connectivity index (χ2v) is 23.7. The van der Waals surface area contributed by atoms with Crippen molar-refractivity contribution < 1.29 is 129 Å². The molecule has 2 N–H and O–H groups in total. The van der Waals surface area contributed by atoms with Crippen LogP contribution >= 0.6 is 0 Å². The topological polar surface area (TPSA) is 376 Å². The van der Waals surface area contributed by atoms with Gasteiger partial charge in [-0.15, -0.1) is 0 Å². The fourth-order valence-corrected chi connectivity index (χ4v) is 11.9. The minimum atomic E-state index is -2.07. The Labute approximate surface area is 586 Å². The van der Waals surface area contributed by atoms with Crippen LogP contribution in [-0.2, 0) is 152 Å². The molecule has 0 spiro atoms. The third kappa shape index (κ3) is 21.1. The number of carbonyl (C=O) groups excluding carboxylic acids is 7. The zero-order valence-corrected chi connectivity index (χ0v) is 56.8. The van der Waals surface area contributed by atoms with E-state index < -0.39 is 178 Å². The van der Waals surface area contributed by atoms with Crippen molar-refractivity contribution in [3.63, 3.8) is 0 Å². The van der Waals surface area contributed by atoms with Crippen LogP contribution in [0.4, 0.5) is 4.79 Å². The molecule has 0 unspecified atom stereocenters. The zero-order chi connectivity index (χ0) is 72.7. The Balaban J connectivity index is 1.13. The van der Waals surface area contributed by atoms with E-state index in [1.54, 1.807) is 152 Å². The normalized spacial score (nSPS) is 29.1. The number of nitrogens with zero attached hydrogens (tertiary/aromatic N) is 3. The number of aliphatic hydroxyl groups is 1. The van der Waals surface area contributed by atoms with Gasteiger partial charge in [-0.3, -0.25) is 19.2 Å². The lowest BCUT2D eigenvalue weighted by Gasteiger charge is -2.51. The summed E-state index contributed by atoms with van der Waals surface area (Å²) in [5.41, 5.74) is 13.6. The van der Waals surface area contributed by atoms with Crippen molar-refractivity contribution in [3.8, 4) is 0 Å². The molecule has 4 fully saturated rings. The summed E-state index contributed by atoms with van der Waals surface area (Å²) < 4.78 is 118. The molecule has 5 aromatic carbocycles. The Kier molecular flexibility index (Phi) is 29.0. The maximum Gasteiger partial charge on any atom is 0.407 e. The van der Waals surface area contributed by atoms with E-state index in [1.807, 2.05) is 0 Å². The first-order valence-corrected chi connectivity index (χ1v) is 32.6. The van der Waals surface area contributed by atoms with Crippen molar-refractivity contribution >= 4 is 41.9 Å². The van der Waals surface area contributed by atoms with Gasteiger partial charge in [0, 0.05) is 39.7 Å². The lowest BCUT2D eigenvalue weighted by atomic mass is 9.93. The van der Waals surface area contributed by atoms with Gasteiger partial charge in [-0.05, 0) is 33.3 Å². The molecule has 4 saturated heterocycles. The van der Waals surface area contributed by atoms with Crippen LogP contribution in [0.3, 0.4) is 0 Å². The molecule has 20 atom stereocenters. The van der Waals surface area contributed by atoms with Gasteiger partial charge in [-0.2, -0.15) is 0 Å². The van der Waals surface area contributed by atoms with E-state index in [0.717, 1.165) is 41.9 Å². The molecular weight excluding hydrogens is 1340 g/mol. The van der Waals surface area contributed by atoms with Crippen molar-refractivity contribution in [3.05, 3.63) is 190 Å². The molecule has 0 radical (unpaired) electrons. The third-order valence-electron chi connectivity index (χ3n) is 16.6. The number of methoxy groups -OCH3 is 3.